The van der Waals surface area contributed by atoms with E-state index in [1.165, 1.54) is 12.8 Å². The number of benzene rings is 1. The molecule has 0 spiro atoms. The molecule has 2 nitrogen and oxygen atoms in total. The number of halogens is 1. The van der Waals surface area contributed by atoms with Crippen LogP contribution in [0.4, 0.5) is 0 Å². The van der Waals surface area contributed by atoms with Gasteiger partial charge in [-0.3, -0.25) is 4.79 Å². The summed E-state index contributed by atoms with van der Waals surface area (Å²) in [5.41, 5.74) is 0.574. The van der Waals surface area contributed by atoms with Gasteiger partial charge in [-0.1, -0.05) is 50.4 Å². The predicted molar refractivity (Wildman–Crippen MR) is 74.9 cm³/mol. The molecule has 1 N–H and O–H groups in total. The van der Waals surface area contributed by atoms with Gasteiger partial charge >= 0.3 is 0 Å². The van der Waals surface area contributed by atoms with Crippen LogP contribution in [0.3, 0.4) is 0 Å². The van der Waals surface area contributed by atoms with Crippen LogP contribution in [0, 0.1) is 11.8 Å². The van der Waals surface area contributed by atoms with Gasteiger partial charge in [0.15, 0.2) is 0 Å². The summed E-state index contributed by atoms with van der Waals surface area (Å²) in [4.78, 5) is 12.2. The molecule has 1 saturated carbocycles. The van der Waals surface area contributed by atoms with Crippen molar-refractivity contribution in [2.24, 2.45) is 11.8 Å². The molecule has 1 aromatic carbocycles. The SMILES string of the molecule is C[C@@H]1[C@@H](C)CCC[C@H]1NC(=O)c1ccccc1Cl. The molecule has 98 valence electrons. The summed E-state index contributed by atoms with van der Waals surface area (Å²) in [6, 6.07) is 7.48. The van der Waals surface area contributed by atoms with Crippen LogP contribution >= 0.6 is 11.6 Å². The molecule has 0 radical (unpaired) electrons. The van der Waals surface area contributed by atoms with Gasteiger partial charge in [-0.15, -0.1) is 0 Å². The van der Waals surface area contributed by atoms with E-state index in [2.05, 4.69) is 19.2 Å². The van der Waals surface area contributed by atoms with Crippen LogP contribution in [0.15, 0.2) is 24.3 Å². The highest BCUT2D eigenvalue weighted by Gasteiger charge is 2.28. The maximum atomic E-state index is 12.2. The maximum absolute atomic E-state index is 12.2. The highest BCUT2D eigenvalue weighted by atomic mass is 35.5. The normalized spacial score (nSPS) is 27.8. The number of nitrogens with one attached hydrogen (secondary N) is 1. The van der Waals surface area contributed by atoms with Gasteiger partial charge in [0.25, 0.3) is 5.91 Å². The molecule has 0 saturated heterocycles. The minimum Gasteiger partial charge on any atom is -0.349 e. The van der Waals surface area contributed by atoms with Gasteiger partial charge in [-0.05, 0) is 30.4 Å². The average molecular weight is 266 g/mol. The summed E-state index contributed by atoms with van der Waals surface area (Å²) in [7, 11) is 0. The van der Waals surface area contributed by atoms with E-state index in [1.807, 2.05) is 12.1 Å². The third-order valence-electron chi connectivity index (χ3n) is 4.14. The lowest BCUT2D eigenvalue weighted by molar-refractivity contribution is 0.0891. The van der Waals surface area contributed by atoms with Gasteiger partial charge in [0, 0.05) is 6.04 Å². The Bertz CT molecular complexity index is 432. The third-order valence-corrected chi connectivity index (χ3v) is 4.47. The smallest absolute Gasteiger partial charge is 0.253 e. The van der Waals surface area contributed by atoms with Crippen LogP contribution in [0.2, 0.25) is 5.02 Å². The van der Waals surface area contributed by atoms with Crippen LogP contribution in [-0.2, 0) is 0 Å². The number of carbonyl (C=O) groups is 1. The summed E-state index contributed by atoms with van der Waals surface area (Å²) in [6.45, 7) is 4.49. The quantitative estimate of drug-likeness (QED) is 0.863. The van der Waals surface area contributed by atoms with E-state index >= 15 is 0 Å². The largest absolute Gasteiger partial charge is 0.349 e. The fraction of sp³-hybridized carbons (Fsp3) is 0.533. The van der Waals surface area contributed by atoms with Gasteiger partial charge in [0.05, 0.1) is 10.6 Å². The standard InChI is InChI=1S/C15H20ClNO/c1-10-6-5-9-14(11(10)2)17-15(18)12-7-3-4-8-13(12)16/h3-4,7-8,10-11,14H,5-6,9H2,1-2H3,(H,17,18)/t10-,11+,14+/m0/s1. The van der Waals surface area contributed by atoms with Crippen molar-refractivity contribution < 1.29 is 4.79 Å². The molecule has 0 aromatic heterocycles. The second-order valence-corrected chi connectivity index (χ2v) is 5.73. The Morgan fingerprint density at radius 1 is 1.28 bits per heavy atom. The summed E-state index contributed by atoms with van der Waals surface area (Å²) < 4.78 is 0. The zero-order valence-electron chi connectivity index (χ0n) is 10.9. The molecule has 1 amide bonds. The Hall–Kier alpha value is -1.02. The van der Waals surface area contributed by atoms with Crippen molar-refractivity contribution in [3.63, 3.8) is 0 Å². The zero-order valence-corrected chi connectivity index (χ0v) is 11.7. The second kappa shape index (κ2) is 5.75. The number of amides is 1. The molecule has 1 aromatic rings. The number of hydrogen-bond acceptors (Lipinski definition) is 1. The Labute approximate surface area is 114 Å². The first-order valence-corrected chi connectivity index (χ1v) is 7.02. The van der Waals surface area contributed by atoms with Crippen molar-refractivity contribution in [2.45, 2.75) is 39.2 Å². The van der Waals surface area contributed by atoms with Crippen molar-refractivity contribution in [3.05, 3.63) is 34.9 Å². The molecule has 0 heterocycles. The van der Waals surface area contributed by atoms with Crippen molar-refractivity contribution in [1.82, 2.24) is 5.32 Å². The topological polar surface area (TPSA) is 29.1 Å². The zero-order chi connectivity index (χ0) is 13.1. The number of hydrogen-bond donors (Lipinski definition) is 1. The lowest BCUT2D eigenvalue weighted by atomic mass is 9.78. The Balaban J connectivity index is 2.05. The predicted octanol–water partition coefficient (Wildman–Crippen LogP) is 3.89. The van der Waals surface area contributed by atoms with Crippen LogP contribution in [-0.4, -0.2) is 11.9 Å². The minimum atomic E-state index is -0.0495. The Morgan fingerprint density at radius 2 is 2.00 bits per heavy atom. The molecule has 0 unspecified atom stereocenters. The first kappa shape index (κ1) is 13.4. The van der Waals surface area contributed by atoms with Crippen LogP contribution in [0.5, 0.6) is 0 Å². The van der Waals surface area contributed by atoms with Gasteiger partial charge in [-0.2, -0.15) is 0 Å². The van der Waals surface area contributed by atoms with Crippen molar-refractivity contribution >= 4 is 17.5 Å². The summed E-state index contributed by atoms with van der Waals surface area (Å²) in [6.07, 6.45) is 3.53. The number of carbonyl (C=O) groups excluding carboxylic acids is 1. The van der Waals surface area contributed by atoms with Gasteiger partial charge < -0.3 is 5.32 Å². The molecule has 0 bridgehead atoms. The molecule has 0 aliphatic heterocycles. The maximum Gasteiger partial charge on any atom is 0.253 e. The summed E-state index contributed by atoms with van der Waals surface area (Å²) in [5, 5.41) is 3.65. The monoisotopic (exact) mass is 265 g/mol. The van der Waals surface area contributed by atoms with E-state index in [0.717, 1.165) is 6.42 Å². The van der Waals surface area contributed by atoms with Crippen molar-refractivity contribution in [2.75, 3.05) is 0 Å². The summed E-state index contributed by atoms with van der Waals surface area (Å²) in [5.74, 6) is 1.16. The van der Waals surface area contributed by atoms with Gasteiger partial charge in [0.2, 0.25) is 0 Å². The average Bonchev–Trinajstić information content (AvgIpc) is 2.35. The highest BCUT2D eigenvalue weighted by Crippen LogP contribution is 2.29. The third kappa shape index (κ3) is 2.86. The van der Waals surface area contributed by atoms with Crippen molar-refractivity contribution in [3.8, 4) is 0 Å². The van der Waals surface area contributed by atoms with E-state index in [1.54, 1.807) is 12.1 Å². The second-order valence-electron chi connectivity index (χ2n) is 5.33. The minimum absolute atomic E-state index is 0.0495. The molecular formula is C15H20ClNO. The van der Waals surface area contributed by atoms with E-state index in [9.17, 15) is 4.79 Å². The fourth-order valence-electron chi connectivity index (χ4n) is 2.68. The van der Waals surface area contributed by atoms with Gasteiger partial charge in [-0.25, -0.2) is 0 Å². The number of rotatable bonds is 2. The van der Waals surface area contributed by atoms with E-state index in [-0.39, 0.29) is 11.9 Å². The van der Waals surface area contributed by atoms with Crippen molar-refractivity contribution in [1.29, 1.82) is 0 Å². The van der Waals surface area contributed by atoms with E-state index in [0.29, 0.717) is 22.4 Å². The van der Waals surface area contributed by atoms with E-state index < -0.39 is 0 Å². The fourth-order valence-corrected chi connectivity index (χ4v) is 2.90. The highest BCUT2D eigenvalue weighted by molar-refractivity contribution is 6.33. The van der Waals surface area contributed by atoms with Gasteiger partial charge in [0.1, 0.15) is 0 Å². The molecule has 1 aliphatic carbocycles. The van der Waals surface area contributed by atoms with Crippen LogP contribution < -0.4 is 5.32 Å². The molecule has 1 aliphatic rings. The molecule has 3 heteroatoms. The molecule has 2 rings (SSSR count). The Kier molecular flexibility index (Phi) is 4.28. The Morgan fingerprint density at radius 3 is 2.72 bits per heavy atom. The van der Waals surface area contributed by atoms with E-state index in [4.69, 9.17) is 11.6 Å². The molecule has 3 atom stereocenters. The molecule has 18 heavy (non-hydrogen) atoms. The van der Waals surface area contributed by atoms with Crippen LogP contribution in [0.25, 0.3) is 0 Å². The molecular weight excluding hydrogens is 246 g/mol. The molecule has 1 fully saturated rings. The summed E-state index contributed by atoms with van der Waals surface area (Å²) >= 11 is 6.04. The first-order valence-electron chi connectivity index (χ1n) is 6.65. The lowest BCUT2D eigenvalue weighted by Gasteiger charge is -2.34. The first-order chi connectivity index (χ1) is 8.59. The van der Waals surface area contributed by atoms with Crippen LogP contribution in [0.1, 0.15) is 43.5 Å². The lowest BCUT2D eigenvalue weighted by Crippen LogP contribution is -2.43.